The minimum atomic E-state index is 0.182. The minimum absolute atomic E-state index is 0.182. The fourth-order valence-corrected chi connectivity index (χ4v) is 3.68. The van der Waals surface area contributed by atoms with Gasteiger partial charge in [-0.05, 0) is 54.7 Å². The Kier molecular flexibility index (Phi) is 4.59. The molecule has 0 amide bonds. The van der Waals surface area contributed by atoms with Gasteiger partial charge in [0.2, 0.25) is 5.28 Å². The average molecular weight is 356 g/mol. The maximum Gasteiger partial charge on any atom is 0.226 e. The molecule has 3 heterocycles. The molecule has 5 nitrogen and oxygen atoms in total. The molecule has 1 aromatic carbocycles. The summed E-state index contributed by atoms with van der Waals surface area (Å²) in [6.07, 6.45) is 6.00. The van der Waals surface area contributed by atoms with Gasteiger partial charge in [-0.15, -0.1) is 0 Å². The maximum atomic E-state index is 5.95. The fourth-order valence-electron chi connectivity index (χ4n) is 3.51. The molecule has 3 aromatic rings. The maximum absolute atomic E-state index is 5.95. The van der Waals surface area contributed by atoms with E-state index in [0.29, 0.717) is 5.82 Å². The Morgan fingerprint density at radius 3 is 2.32 bits per heavy atom. The molecule has 0 spiro atoms. The van der Waals surface area contributed by atoms with Crippen molar-refractivity contribution in [3.8, 4) is 0 Å². The first-order valence-electron chi connectivity index (χ1n) is 8.77. The van der Waals surface area contributed by atoms with Gasteiger partial charge in [-0.2, -0.15) is 4.98 Å². The first kappa shape index (κ1) is 16.4. The SMILES string of the molecule is Nc1nc(Cl)nc2c1ccn2Cc1ccc(CN2CCCCC2)cc1. The lowest BCUT2D eigenvalue weighted by Crippen LogP contribution is -2.29. The van der Waals surface area contributed by atoms with Crippen LogP contribution in [0.4, 0.5) is 5.82 Å². The highest BCUT2D eigenvalue weighted by Gasteiger charge is 2.11. The Balaban J connectivity index is 1.49. The van der Waals surface area contributed by atoms with E-state index >= 15 is 0 Å². The van der Waals surface area contributed by atoms with E-state index in [-0.39, 0.29) is 5.28 Å². The molecule has 130 valence electrons. The number of nitrogens with two attached hydrogens (primary N) is 1. The van der Waals surface area contributed by atoms with Gasteiger partial charge in [0, 0.05) is 19.3 Å². The first-order valence-corrected chi connectivity index (χ1v) is 9.15. The molecule has 1 saturated heterocycles. The summed E-state index contributed by atoms with van der Waals surface area (Å²) < 4.78 is 2.05. The smallest absolute Gasteiger partial charge is 0.226 e. The number of hydrogen-bond donors (Lipinski definition) is 1. The Hall–Kier alpha value is -2.11. The van der Waals surface area contributed by atoms with E-state index in [1.807, 2.05) is 12.3 Å². The van der Waals surface area contributed by atoms with Crippen LogP contribution in [0.3, 0.4) is 0 Å². The number of halogens is 1. The number of anilines is 1. The van der Waals surface area contributed by atoms with E-state index < -0.39 is 0 Å². The van der Waals surface area contributed by atoms with E-state index in [9.17, 15) is 0 Å². The summed E-state index contributed by atoms with van der Waals surface area (Å²) in [5.74, 6) is 0.422. The van der Waals surface area contributed by atoms with Crippen LogP contribution >= 0.6 is 11.6 Å². The molecule has 1 aliphatic rings. The van der Waals surface area contributed by atoms with Gasteiger partial charge in [0.1, 0.15) is 11.5 Å². The topological polar surface area (TPSA) is 60.0 Å². The summed E-state index contributed by atoms with van der Waals surface area (Å²) in [6, 6.07) is 10.8. The summed E-state index contributed by atoms with van der Waals surface area (Å²) in [6.45, 7) is 4.23. The van der Waals surface area contributed by atoms with Gasteiger partial charge in [0.15, 0.2) is 0 Å². The molecule has 0 saturated carbocycles. The van der Waals surface area contributed by atoms with Crippen LogP contribution in [0.2, 0.25) is 5.28 Å². The summed E-state index contributed by atoms with van der Waals surface area (Å²) in [5.41, 5.74) is 9.29. The Labute approximate surface area is 152 Å². The highest BCUT2D eigenvalue weighted by molar-refractivity contribution is 6.28. The van der Waals surface area contributed by atoms with Crippen LogP contribution in [0.1, 0.15) is 30.4 Å². The number of piperidine rings is 1. The first-order chi connectivity index (χ1) is 12.2. The molecule has 0 unspecified atom stereocenters. The zero-order valence-corrected chi connectivity index (χ0v) is 14.9. The Bertz CT molecular complexity index is 865. The van der Waals surface area contributed by atoms with Crippen molar-refractivity contribution in [1.82, 2.24) is 19.4 Å². The Morgan fingerprint density at radius 2 is 1.60 bits per heavy atom. The molecule has 1 aliphatic heterocycles. The second kappa shape index (κ2) is 7.02. The quantitative estimate of drug-likeness (QED) is 0.725. The molecule has 25 heavy (non-hydrogen) atoms. The monoisotopic (exact) mass is 355 g/mol. The van der Waals surface area contributed by atoms with Crippen LogP contribution < -0.4 is 5.73 Å². The number of likely N-dealkylation sites (tertiary alicyclic amines) is 1. The number of fused-ring (bicyclic) bond motifs is 1. The predicted molar refractivity (Wildman–Crippen MR) is 102 cm³/mol. The standard InChI is InChI=1S/C19H22ClN5/c20-19-22-17(21)16-8-11-25(18(16)23-19)13-15-6-4-14(5-7-15)12-24-9-2-1-3-10-24/h4-8,11H,1-3,9-10,12-13H2,(H2,21,22,23). The highest BCUT2D eigenvalue weighted by Crippen LogP contribution is 2.22. The lowest BCUT2D eigenvalue weighted by Gasteiger charge is -2.26. The molecule has 6 heteroatoms. The van der Waals surface area contributed by atoms with Crippen LogP contribution in [-0.2, 0) is 13.1 Å². The fraction of sp³-hybridized carbons (Fsp3) is 0.368. The van der Waals surface area contributed by atoms with Gasteiger partial charge >= 0.3 is 0 Å². The van der Waals surface area contributed by atoms with E-state index in [1.54, 1.807) is 0 Å². The largest absolute Gasteiger partial charge is 0.383 e. The second-order valence-corrected chi connectivity index (χ2v) is 7.05. The lowest BCUT2D eigenvalue weighted by atomic mass is 10.1. The van der Waals surface area contributed by atoms with Crippen molar-refractivity contribution >= 4 is 28.5 Å². The van der Waals surface area contributed by atoms with Gasteiger partial charge in [-0.25, -0.2) is 4.98 Å². The number of benzene rings is 1. The van der Waals surface area contributed by atoms with E-state index in [4.69, 9.17) is 17.3 Å². The van der Waals surface area contributed by atoms with Crippen molar-refractivity contribution in [2.24, 2.45) is 0 Å². The number of nitrogen functional groups attached to an aromatic ring is 1. The normalized spacial score (nSPS) is 15.7. The van der Waals surface area contributed by atoms with Crippen molar-refractivity contribution in [2.45, 2.75) is 32.4 Å². The average Bonchev–Trinajstić information content (AvgIpc) is 3.01. The van der Waals surface area contributed by atoms with Crippen molar-refractivity contribution in [3.05, 3.63) is 52.9 Å². The molecule has 1 fully saturated rings. The molecule has 2 aromatic heterocycles. The van der Waals surface area contributed by atoms with Gasteiger partial charge in [-0.3, -0.25) is 4.90 Å². The number of rotatable bonds is 4. The molecule has 4 rings (SSSR count). The highest BCUT2D eigenvalue weighted by atomic mass is 35.5. The van der Waals surface area contributed by atoms with Crippen molar-refractivity contribution in [3.63, 3.8) is 0 Å². The summed E-state index contributed by atoms with van der Waals surface area (Å²) in [5, 5.41) is 1.02. The minimum Gasteiger partial charge on any atom is -0.383 e. The third-order valence-electron chi connectivity index (χ3n) is 4.85. The number of nitrogens with zero attached hydrogens (tertiary/aromatic N) is 4. The summed E-state index contributed by atoms with van der Waals surface area (Å²) >= 11 is 5.95. The predicted octanol–water partition coefficient (Wildman–Crippen LogP) is 3.70. The molecule has 0 radical (unpaired) electrons. The van der Waals surface area contributed by atoms with Gasteiger partial charge in [0.25, 0.3) is 0 Å². The van der Waals surface area contributed by atoms with Crippen molar-refractivity contribution in [2.75, 3.05) is 18.8 Å². The zero-order chi connectivity index (χ0) is 17.2. The van der Waals surface area contributed by atoms with Crippen LogP contribution in [0.25, 0.3) is 11.0 Å². The molecule has 0 atom stereocenters. The molecule has 2 N–H and O–H groups in total. The van der Waals surface area contributed by atoms with Crippen LogP contribution in [0, 0.1) is 0 Å². The van der Waals surface area contributed by atoms with Crippen LogP contribution in [0.15, 0.2) is 36.5 Å². The van der Waals surface area contributed by atoms with Gasteiger partial charge in [-0.1, -0.05) is 30.7 Å². The van der Waals surface area contributed by atoms with Gasteiger partial charge in [0.05, 0.1) is 5.39 Å². The molecule has 0 aliphatic carbocycles. The molecule has 0 bridgehead atoms. The zero-order valence-electron chi connectivity index (χ0n) is 14.2. The van der Waals surface area contributed by atoms with Crippen molar-refractivity contribution < 1.29 is 0 Å². The van der Waals surface area contributed by atoms with Gasteiger partial charge < -0.3 is 10.3 Å². The lowest BCUT2D eigenvalue weighted by molar-refractivity contribution is 0.221. The third-order valence-corrected chi connectivity index (χ3v) is 5.02. The van der Waals surface area contributed by atoms with E-state index in [2.05, 4.69) is 43.7 Å². The number of hydrogen-bond acceptors (Lipinski definition) is 4. The van der Waals surface area contributed by atoms with Crippen LogP contribution in [0.5, 0.6) is 0 Å². The third kappa shape index (κ3) is 3.62. The second-order valence-electron chi connectivity index (χ2n) is 6.71. The summed E-state index contributed by atoms with van der Waals surface area (Å²) in [4.78, 5) is 10.9. The Morgan fingerprint density at radius 1 is 0.920 bits per heavy atom. The van der Waals surface area contributed by atoms with E-state index in [0.717, 1.165) is 24.1 Å². The van der Waals surface area contributed by atoms with Crippen LogP contribution in [-0.4, -0.2) is 32.5 Å². The molecular weight excluding hydrogens is 334 g/mol. The molecular formula is C19H22ClN5. The summed E-state index contributed by atoms with van der Waals surface area (Å²) in [7, 11) is 0. The van der Waals surface area contributed by atoms with Crippen molar-refractivity contribution in [1.29, 1.82) is 0 Å². The number of aromatic nitrogens is 3. The van der Waals surface area contributed by atoms with E-state index in [1.165, 1.54) is 43.5 Å².